The van der Waals surface area contributed by atoms with Crippen LogP contribution in [0.1, 0.15) is 23.9 Å². The maximum Gasteiger partial charge on any atom is 0.224 e. The van der Waals surface area contributed by atoms with E-state index >= 15 is 0 Å². The number of aryl methyl sites for hydroxylation is 1. The Morgan fingerprint density at radius 2 is 2.17 bits per heavy atom. The molecule has 2 aromatic rings. The molecule has 0 aromatic carbocycles. The van der Waals surface area contributed by atoms with E-state index in [2.05, 4.69) is 45.0 Å². The number of rotatable bonds is 6. The van der Waals surface area contributed by atoms with E-state index in [1.807, 2.05) is 13.0 Å². The molecule has 2 heterocycles. The van der Waals surface area contributed by atoms with Crippen LogP contribution in [-0.2, 0) is 6.54 Å². The van der Waals surface area contributed by atoms with Gasteiger partial charge in [0.05, 0.1) is 6.54 Å². The van der Waals surface area contributed by atoms with Crippen LogP contribution in [0.5, 0.6) is 0 Å². The van der Waals surface area contributed by atoms with Crippen LogP contribution in [0.3, 0.4) is 0 Å². The Hall–Kier alpha value is -1.62. The van der Waals surface area contributed by atoms with Crippen molar-refractivity contribution in [1.29, 1.82) is 0 Å². The van der Waals surface area contributed by atoms with E-state index in [1.54, 1.807) is 11.3 Å². The Morgan fingerprint density at radius 3 is 2.89 bits per heavy atom. The number of aromatic nitrogens is 2. The minimum absolute atomic E-state index is 0.700. The summed E-state index contributed by atoms with van der Waals surface area (Å²) in [6.45, 7) is 5.81. The van der Waals surface area contributed by atoms with Gasteiger partial charge in [-0.25, -0.2) is 4.98 Å². The number of thiophene rings is 1. The number of nitrogens with one attached hydrogen (secondary N) is 2. The van der Waals surface area contributed by atoms with Crippen molar-refractivity contribution in [3.63, 3.8) is 0 Å². The van der Waals surface area contributed by atoms with Crippen molar-refractivity contribution in [3.8, 4) is 0 Å². The van der Waals surface area contributed by atoms with Crippen molar-refractivity contribution in [1.82, 2.24) is 9.97 Å². The molecule has 2 N–H and O–H groups in total. The number of nitrogens with zero attached hydrogens (tertiary/aromatic N) is 2. The van der Waals surface area contributed by atoms with Crippen molar-refractivity contribution in [2.24, 2.45) is 0 Å². The molecular formula is C13H18N4S. The molecule has 4 nitrogen and oxygen atoms in total. The highest BCUT2D eigenvalue weighted by Gasteiger charge is 2.01. The zero-order valence-corrected chi connectivity index (χ0v) is 11.5. The number of anilines is 2. The second-order valence-corrected chi connectivity index (χ2v) is 5.11. The predicted octanol–water partition coefficient (Wildman–Crippen LogP) is 3.28. The van der Waals surface area contributed by atoms with Gasteiger partial charge in [-0.05, 0) is 24.8 Å². The quantitative estimate of drug-likeness (QED) is 0.839. The van der Waals surface area contributed by atoms with Gasteiger partial charge in [0, 0.05) is 23.2 Å². The molecule has 0 bridgehead atoms. The lowest BCUT2D eigenvalue weighted by atomic mass is 10.4. The topological polar surface area (TPSA) is 49.8 Å². The second-order valence-electron chi connectivity index (χ2n) is 4.08. The van der Waals surface area contributed by atoms with Gasteiger partial charge in [-0.3, -0.25) is 0 Å². The fourth-order valence-electron chi connectivity index (χ4n) is 1.57. The first-order valence-electron chi connectivity index (χ1n) is 6.13. The van der Waals surface area contributed by atoms with Crippen molar-refractivity contribution in [2.45, 2.75) is 26.8 Å². The fraction of sp³-hybridized carbons (Fsp3) is 0.385. The molecule has 96 valence electrons. The summed E-state index contributed by atoms with van der Waals surface area (Å²) in [6, 6.07) is 6.13. The summed E-state index contributed by atoms with van der Waals surface area (Å²) in [7, 11) is 0. The largest absolute Gasteiger partial charge is 0.365 e. The summed E-state index contributed by atoms with van der Waals surface area (Å²) in [5.74, 6) is 1.57. The maximum atomic E-state index is 4.44. The summed E-state index contributed by atoms with van der Waals surface area (Å²) >= 11 is 1.74. The van der Waals surface area contributed by atoms with Crippen LogP contribution >= 0.6 is 11.3 Å². The summed E-state index contributed by atoms with van der Waals surface area (Å²) < 4.78 is 0. The van der Waals surface area contributed by atoms with Crippen LogP contribution in [-0.4, -0.2) is 16.5 Å². The van der Waals surface area contributed by atoms with Crippen molar-refractivity contribution in [2.75, 3.05) is 17.2 Å². The molecule has 0 radical (unpaired) electrons. The fourth-order valence-corrected chi connectivity index (χ4v) is 2.21. The molecule has 5 heteroatoms. The summed E-state index contributed by atoms with van der Waals surface area (Å²) in [6.07, 6.45) is 1.06. The molecule has 0 saturated heterocycles. The van der Waals surface area contributed by atoms with Gasteiger partial charge >= 0.3 is 0 Å². The Labute approximate surface area is 111 Å². The zero-order chi connectivity index (χ0) is 12.8. The van der Waals surface area contributed by atoms with E-state index in [0.717, 1.165) is 31.0 Å². The third kappa shape index (κ3) is 3.70. The van der Waals surface area contributed by atoms with Crippen LogP contribution in [0.25, 0.3) is 0 Å². The molecule has 2 rings (SSSR count). The van der Waals surface area contributed by atoms with Crippen LogP contribution in [0.4, 0.5) is 11.8 Å². The lowest BCUT2D eigenvalue weighted by molar-refractivity contribution is 0.944. The molecular weight excluding hydrogens is 244 g/mol. The lowest BCUT2D eigenvalue weighted by Crippen LogP contribution is -2.08. The predicted molar refractivity (Wildman–Crippen MR) is 77.2 cm³/mol. The first-order chi connectivity index (χ1) is 8.78. The molecule has 0 aliphatic carbocycles. The molecule has 18 heavy (non-hydrogen) atoms. The van der Waals surface area contributed by atoms with Crippen molar-refractivity contribution >= 4 is 23.1 Å². The molecule has 0 atom stereocenters. The van der Waals surface area contributed by atoms with Gasteiger partial charge in [-0.1, -0.05) is 13.0 Å². The summed E-state index contributed by atoms with van der Waals surface area (Å²) in [4.78, 5) is 10.1. The summed E-state index contributed by atoms with van der Waals surface area (Å²) in [5, 5.41) is 8.61. The smallest absolute Gasteiger partial charge is 0.224 e. The third-order valence-corrected chi connectivity index (χ3v) is 3.29. The minimum atomic E-state index is 0.700. The van der Waals surface area contributed by atoms with Crippen LogP contribution in [0.15, 0.2) is 23.6 Å². The highest BCUT2D eigenvalue weighted by Crippen LogP contribution is 2.13. The normalized spacial score (nSPS) is 10.3. The minimum Gasteiger partial charge on any atom is -0.365 e. The Balaban J connectivity index is 2.00. The van der Waals surface area contributed by atoms with Gasteiger partial charge in [0.1, 0.15) is 5.82 Å². The molecule has 0 unspecified atom stereocenters. The van der Waals surface area contributed by atoms with Crippen LogP contribution in [0.2, 0.25) is 0 Å². The van der Waals surface area contributed by atoms with Gasteiger partial charge in [0.25, 0.3) is 0 Å². The van der Waals surface area contributed by atoms with Gasteiger partial charge < -0.3 is 10.6 Å². The molecule has 0 amide bonds. The van der Waals surface area contributed by atoms with Gasteiger partial charge in [0.2, 0.25) is 5.95 Å². The summed E-state index contributed by atoms with van der Waals surface area (Å²) in [5.41, 5.74) is 0.970. The van der Waals surface area contributed by atoms with Crippen LogP contribution < -0.4 is 10.6 Å². The molecule has 0 spiro atoms. The van der Waals surface area contributed by atoms with Crippen molar-refractivity contribution in [3.05, 3.63) is 34.2 Å². The van der Waals surface area contributed by atoms with Crippen molar-refractivity contribution < 1.29 is 0 Å². The molecule has 2 aromatic heterocycles. The number of hydrogen-bond acceptors (Lipinski definition) is 5. The first-order valence-corrected chi connectivity index (χ1v) is 7.01. The molecule has 0 fully saturated rings. The lowest BCUT2D eigenvalue weighted by Gasteiger charge is -2.08. The van der Waals surface area contributed by atoms with E-state index in [1.165, 1.54) is 4.88 Å². The van der Waals surface area contributed by atoms with Gasteiger partial charge in [-0.15, -0.1) is 11.3 Å². The van der Waals surface area contributed by atoms with Crippen LogP contribution in [0, 0.1) is 6.92 Å². The van der Waals surface area contributed by atoms with Gasteiger partial charge in [-0.2, -0.15) is 4.98 Å². The Bertz CT molecular complexity index is 482. The molecule has 0 aliphatic heterocycles. The zero-order valence-electron chi connectivity index (χ0n) is 10.7. The molecule has 0 saturated carbocycles. The number of hydrogen-bond donors (Lipinski definition) is 2. The van der Waals surface area contributed by atoms with Gasteiger partial charge in [0.15, 0.2) is 0 Å². The maximum absolute atomic E-state index is 4.44. The molecule has 0 aliphatic rings. The van der Waals surface area contributed by atoms with E-state index in [-0.39, 0.29) is 0 Å². The second kappa shape index (κ2) is 6.35. The van der Waals surface area contributed by atoms with E-state index in [9.17, 15) is 0 Å². The SMILES string of the molecule is CCCNc1nc(C)cc(NCc2cccs2)n1. The monoisotopic (exact) mass is 262 g/mol. The average molecular weight is 262 g/mol. The first kappa shape index (κ1) is 12.8. The average Bonchev–Trinajstić information content (AvgIpc) is 2.86. The van der Waals surface area contributed by atoms with E-state index in [4.69, 9.17) is 0 Å². The Morgan fingerprint density at radius 1 is 1.28 bits per heavy atom. The third-order valence-electron chi connectivity index (χ3n) is 2.41. The highest BCUT2D eigenvalue weighted by atomic mass is 32.1. The highest BCUT2D eigenvalue weighted by molar-refractivity contribution is 7.09. The van der Waals surface area contributed by atoms with E-state index < -0.39 is 0 Å². The standard InChI is InChI=1S/C13H18N4S/c1-3-6-14-13-16-10(2)8-12(17-13)15-9-11-5-4-7-18-11/h4-5,7-8H,3,6,9H2,1-2H3,(H2,14,15,16,17). The van der Waals surface area contributed by atoms with E-state index in [0.29, 0.717) is 5.95 Å². The Kier molecular flexibility index (Phi) is 4.52.